The van der Waals surface area contributed by atoms with Gasteiger partial charge in [-0.2, -0.15) is 0 Å². The largest absolute Gasteiger partial charge is 0.430 e. The topological polar surface area (TPSA) is 55.8 Å². The monoisotopic (exact) mass is 355 g/mol. The van der Waals surface area contributed by atoms with Gasteiger partial charge in [0.2, 0.25) is 11.7 Å². The van der Waals surface area contributed by atoms with E-state index < -0.39 is 5.79 Å². The van der Waals surface area contributed by atoms with E-state index in [2.05, 4.69) is 20.8 Å². The summed E-state index contributed by atoms with van der Waals surface area (Å²) < 4.78 is 11.7. The summed E-state index contributed by atoms with van der Waals surface area (Å²) >= 11 is 1.61. The molecule has 2 aliphatic heterocycles. The maximum atomic E-state index is 12.5. The zero-order chi connectivity index (χ0) is 17.7. The predicted octanol–water partition coefficient (Wildman–Crippen LogP) is 3.69. The first-order valence-corrected chi connectivity index (χ1v) is 9.90. The fraction of sp³-hybridized carbons (Fsp3) is 0.778. The molecule has 0 aromatic rings. The van der Waals surface area contributed by atoms with Crippen molar-refractivity contribution in [3.63, 3.8) is 0 Å². The van der Waals surface area contributed by atoms with E-state index in [1.54, 1.807) is 22.9 Å². The number of rotatable bonds is 9. The molecule has 24 heavy (non-hydrogen) atoms. The van der Waals surface area contributed by atoms with Gasteiger partial charge in [-0.15, -0.1) is 11.8 Å². The molecule has 1 saturated heterocycles. The Morgan fingerprint density at radius 3 is 2.83 bits per heavy atom. The van der Waals surface area contributed by atoms with Gasteiger partial charge in [0.1, 0.15) is 0 Å². The summed E-state index contributed by atoms with van der Waals surface area (Å²) in [6.07, 6.45) is 6.06. The number of ether oxygens (including phenoxy) is 2. The summed E-state index contributed by atoms with van der Waals surface area (Å²) in [5.41, 5.74) is 0.538. The van der Waals surface area contributed by atoms with Crippen molar-refractivity contribution in [2.24, 2.45) is 5.92 Å². The molecule has 2 heterocycles. The van der Waals surface area contributed by atoms with Crippen molar-refractivity contribution in [3.05, 3.63) is 11.8 Å². The second-order valence-corrected chi connectivity index (χ2v) is 8.27. The summed E-state index contributed by atoms with van der Waals surface area (Å²) in [4.78, 5) is 25.7. The summed E-state index contributed by atoms with van der Waals surface area (Å²) in [5.74, 6) is -0.288. The summed E-state index contributed by atoms with van der Waals surface area (Å²) in [7, 11) is 0. The number of β-lactam (4-membered cyclic amide) rings is 1. The molecule has 6 heteroatoms. The summed E-state index contributed by atoms with van der Waals surface area (Å²) in [6.45, 7) is 8.74. The molecular weight excluding hydrogens is 326 g/mol. The smallest absolute Gasteiger partial charge is 0.338 e. The molecular formula is C18H29NO4S. The molecule has 0 radical (unpaired) electrons. The fourth-order valence-corrected chi connectivity index (χ4v) is 4.14. The quantitative estimate of drug-likeness (QED) is 0.273. The molecule has 0 saturated carbocycles. The Kier molecular flexibility index (Phi) is 6.75. The van der Waals surface area contributed by atoms with Gasteiger partial charge in [0, 0.05) is 25.3 Å². The van der Waals surface area contributed by atoms with Crippen molar-refractivity contribution < 1.29 is 19.1 Å². The van der Waals surface area contributed by atoms with Crippen LogP contribution in [0.4, 0.5) is 0 Å². The average Bonchev–Trinajstić information content (AvgIpc) is 2.49. The van der Waals surface area contributed by atoms with E-state index in [0.29, 0.717) is 36.7 Å². The lowest BCUT2D eigenvalue weighted by molar-refractivity contribution is -0.227. The molecule has 5 nitrogen and oxygen atoms in total. The normalized spacial score (nSPS) is 22.5. The first kappa shape index (κ1) is 19.3. The second kappa shape index (κ2) is 8.39. The first-order valence-electron chi connectivity index (χ1n) is 8.85. The third-order valence-electron chi connectivity index (χ3n) is 4.18. The predicted molar refractivity (Wildman–Crippen MR) is 95.2 cm³/mol. The number of carbonyl (C=O) groups is 2. The van der Waals surface area contributed by atoms with Crippen molar-refractivity contribution in [1.82, 2.24) is 4.90 Å². The number of nitrogens with zero attached hydrogens (tertiary/aromatic N) is 1. The van der Waals surface area contributed by atoms with Crippen molar-refractivity contribution in [2.45, 2.75) is 71.0 Å². The van der Waals surface area contributed by atoms with E-state index in [1.165, 1.54) is 0 Å². The van der Waals surface area contributed by atoms with Gasteiger partial charge in [-0.3, -0.25) is 4.79 Å². The number of esters is 1. The van der Waals surface area contributed by atoms with Gasteiger partial charge in [-0.05, 0) is 12.3 Å². The lowest BCUT2D eigenvalue weighted by Crippen LogP contribution is -2.50. The standard InChI is InChI=1S/C18H29NO4S/c1-5-6-7-8-22-18(4,10-13(2)3)23-17(21)14-11-19-15(20)9-16(19)24-12-14/h11,13,16H,5-10,12H2,1-4H3/t16-,18?/m1/s1. The van der Waals surface area contributed by atoms with Crippen LogP contribution in [0.5, 0.6) is 0 Å². The van der Waals surface area contributed by atoms with Gasteiger partial charge in [0.05, 0.1) is 24.0 Å². The van der Waals surface area contributed by atoms with Crippen LogP contribution >= 0.6 is 11.8 Å². The number of unbranched alkanes of at least 4 members (excludes halogenated alkanes) is 2. The number of hydrogen-bond donors (Lipinski definition) is 0. The summed E-state index contributed by atoms with van der Waals surface area (Å²) in [6, 6.07) is 0. The Labute approximate surface area is 149 Å². The number of hydrogen-bond acceptors (Lipinski definition) is 5. The van der Waals surface area contributed by atoms with Crippen LogP contribution < -0.4 is 0 Å². The van der Waals surface area contributed by atoms with Crippen LogP contribution in [0.25, 0.3) is 0 Å². The Morgan fingerprint density at radius 1 is 1.46 bits per heavy atom. The highest BCUT2D eigenvalue weighted by Gasteiger charge is 2.40. The lowest BCUT2D eigenvalue weighted by atomic mass is 10.0. The third kappa shape index (κ3) is 4.99. The highest BCUT2D eigenvalue weighted by molar-refractivity contribution is 8.00. The van der Waals surface area contributed by atoms with Gasteiger partial charge in [-0.1, -0.05) is 33.6 Å². The van der Waals surface area contributed by atoms with E-state index in [-0.39, 0.29) is 17.3 Å². The maximum absolute atomic E-state index is 12.5. The van der Waals surface area contributed by atoms with Gasteiger partial charge in [0.25, 0.3) is 0 Å². The van der Waals surface area contributed by atoms with Gasteiger partial charge >= 0.3 is 5.97 Å². The molecule has 0 aliphatic carbocycles. The van der Waals surface area contributed by atoms with Gasteiger partial charge in [-0.25, -0.2) is 4.79 Å². The SMILES string of the molecule is CCCCCOC(C)(CC(C)C)OC(=O)C1=CN2C(=O)C[C@H]2SC1. The third-order valence-corrected chi connectivity index (χ3v) is 5.43. The van der Waals surface area contributed by atoms with Gasteiger partial charge < -0.3 is 14.4 Å². The molecule has 0 bridgehead atoms. The molecule has 0 aromatic heterocycles. The van der Waals surface area contributed by atoms with E-state index in [9.17, 15) is 9.59 Å². The molecule has 2 aliphatic rings. The maximum Gasteiger partial charge on any atom is 0.338 e. The number of carbonyl (C=O) groups excluding carboxylic acids is 2. The Morgan fingerprint density at radius 2 is 2.21 bits per heavy atom. The molecule has 0 N–H and O–H groups in total. The van der Waals surface area contributed by atoms with Crippen LogP contribution in [0.2, 0.25) is 0 Å². The van der Waals surface area contributed by atoms with Crippen LogP contribution in [0.15, 0.2) is 11.8 Å². The molecule has 1 amide bonds. The van der Waals surface area contributed by atoms with Crippen molar-refractivity contribution in [3.8, 4) is 0 Å². The highest BCUT2D eigenvalue weighted by atomic mass is 32.2. The number of amides is 1. The van der Waals surface area contributed by atoms with Crippen LogP contribution in [-0.2, 0) is 19.1 Å². The van der Waals surface area contributed by atoms with Crippen molar-refractivity contribution >= 4 is 23.6 Å². The summed E-state index contributed by atoms with van der Waals surface area (Å²) in [5, 5.41) is 0.196. The number of fused-ring (bicyclic) bond motifs is 1. The Bertz CT molecular complexity index is 505. The van der Waals surface area contributed by atoms with Crippen LogP contribution in [0, 0.1) is 5.92 Å². The molecule has 0 aromatic carbocycles. The van der Waals surface area contributed by atoms with Gasteiger partial charge in [0.15, 0.2) is 0 Å². The van der Waals surface area contributed by atoms with E-state index in [4.69, 9.17) is 9.47 Å². The minimum atomic E-state index is -0.916. The molecule has 2 atom stereocenters. The number of thioether (sulfide) groups is 1. The van der Waals surface area contributed by atoms with Crippen LogP contribution in [0.3, 0.4) is 0 Å². The highest BCUT2D eigenvalue weighted by Crippen LogP contribution is 2.36. The zero-order valence-corrected chi connectivity index (χ0v) is 16.0. The minimum absolute atomic E-state index is 0.0678. The van der Waals surface area contributed by atoms with Crippen LogP contribution in [-0.4, -0.2) is 40.3 Å². The molecule has 1 unspecified atom stereocenters. The second-order valence-electron chi connectivity index (χ2n) is 7.10. The molecule has 2 rings (SSSR count). The van der Waals surface area contributed by atoms with E-state index in [0.717, 1.165) is 19.3 Å². The Balaban J connectivity index is 1.97. The van der Waals surface area contributed by atoms with E-state index >= 15 is 0 Å². The fourth-order valence-electron chi connectivity index (χ4n) is 2.97. The molecule has 136 valence electrons. The van der Waals surface area contributed by atoms with Crippen LogP contribution in [0.1, 0.15) is 59.8 Å². The lowest BCUT2D eigenvalue weighted by Gasteiger charge is -2.41. The van der Waals surface area contributed by atoms with Crippen molar-refractivity contribution in [1.29, 1.82) is 0 Å². The average molecular weight is 356 g/mol. The molecule has 0 spiro atoms. The Hall–Kier alpha value is -1.01. The zero-order valence-electron chi connectivity index (χ0n) is 15.2. The minimum Gasteiger partial charge on any atom is -0.430 e. The molecule has 1 fully saturated rings. The first-order chi connectivity index (χ1) is 11.3. The van der Waals surface area contributed by atoms with Crippen molar-refractivity contribution in [2.75, 3.05) is 12.4 Å². The van der Waals surface area contributed by atoms with E-state index in [1.807, 2.05) is 6.92 Å².